The monoisotopic (exact) mass is 483 g/mol. The molecule has 1 aromatic heterocycles. The van der Waals surface area contributed by atoms with E-state index in [1.54, 1.807) is 30.5 Å². The Labute approximate surface area is 201 Å². The van der Waals surface area contributed by atoms with Gasteiger partial charge in [0.2, 0.25) is 5.96 Å². The summed E-state index contributed by atoms with van der Waals surface area (Å²) >= 11 is 6.08. The second kappa shape index (κ2) is 11.1. The van der Waals surface area contributed by atoms with E-state index in [4.69, 9.17) is 16.6 Å². The summed E-state index contributed by atoms with van der Waals surface area (Å²) in [5, 5.41) is 9.74. The lowest BCUT2D eigenvalue weighted by Crippen LogP contribution is -2.38. The van der Waals surface area contributed by atoms with Crippen molar-refractivity contribution < 1.29 is 13.6 Å². The van der Waals surface area contributed by atoms with Crippen molar-refractivity contribution in [3.05, 3.63) is 89.1 Å². The standard InChI is InChI=1S/C25H24ClF2N5O/c26-17-4-3-5-20(15-17)32-25(33-24(34)16-7-12-21(27)22(28)14-16)31-19-10-8-18(9-11-19)30-23-6-1-2-13-29-23/h1-7,12-15,18-19H,8-11H2,(H,29,30)(H2,31,32,33,34). The number of nitrogens with zero attached hydrogens (tertiary/aromatic N) is 2. The van der Waals surface area contributed by atoms with Gasteiger partial charge in [0.1, 0.15) is 5.82 Å². The highest BCUT2D eigenvalue weighted by Crippen LogP contribution is 2.24. The zero-order chi connectivity index (χ0) is 23.9. The van der Waals surface area contributed by atoms with Gasteiger partial charge in [0.15, 0.2) is 11.6 Å². The molecule has 1 aliphatic carbocycles. The van der Waals surface area contributed by atoms with Crippen LogP contribution in [0.4, 0.5) is 20.3 Å². The third kappa shape index (κ3) is 6.51. The van der Waals surface area contributed by atoms with Crippen molar-refractivity contribution in [3.8, 4) is 0 Å². The molecule has 0 radical (unpaired) electrons. The number of anilines is 2. The Morgan fingerprint density at radius 2 is 1.79 bits per heavy atom. The van der Waals surface area contributed by atoms with Gasteiger partial charge < -0.3 is 10.6 Å². The van der Waals surface area contributed by atoms with E-state index in [2.05, 4.69) is 20.9 Å². The highest BCUT2D eigenvalue weighted by molar-refractivity contribution is 6.31. The van der Waals surface area contributed by atoms with Crippen LogP contribution in [0.1, 0.15) is 36.0 Å². The fourth-order valence-electron chi connectivity index (χ4n) is 3.80. The molecule has 1 fully saturated rings. The minimum absolute atomic E-state index is 0.0113. The van der Waals surface area contributed by atoms with Gasteiger partial charge >= 0.3 is 0 Å². The van der Waals surface area contributed by atoms with Crippen LogP contribution in [0.3, 0.4) is 0 Å². The first-order chi connectivity index (χ1) is 16.5. The van der Waals surface area contributed by atoms with Gasteiger partial charge in [0, 0.05) is 28.5 Å². The number of amides is 1. The van der Waals surface area contributed by atoms with Crippen LogP contribution in [-0.2, 0) is 0 Å². The van der Waals surface area contributed by atoms with E-state index in [1.165, 1.54) is 6.07 Å². The van der Waals surface area contributed by atoms with Crippen molar-refractivity contribution in [2.75, 3.05) is 10.6 Å². The molecule has 0 bridgehead atoms. The van der Waals surface area contributed by atoms with Crippen LogP contribution in [0.15, 0.2) is 71.9 Å². The van der Waals surface area contributed by atoms with E-state index in [1.807, 2.05) is 18.2 Å². The molecule has 176 valence electrons. The minimum atomic E-state index is -1.09. The molecule has 3 aromatic rings. The Bertz CT molecular complexity index is 1170. The molecule has 3 N–H and O–H groups in total. The Morgan fingerprint density at radius 1 is 0.971 bits per heavy atom. The van der Waals surface area contributed by atoms with Gasteiger partial charge in [0.05, 0.1) is 6.04 Å². The van der Waals surface area contributed by atoms with Crippen molar-refractivity contribution in [2.24, 2.45) is 4.99 Å². The van der Waals surface area contributed by atoms with Crippen molar-refractivity contribution in [2.45, 2.75) is 37.8 Å². The predicted molar refractivity (Wildman–Crippen MR) is 130 cm³/mol. The first-order valence-electron chi connectivity index (χ1n) is 11.0. The fraction of sp³-hybridized carbons (Fsp3) is 0.240. The molecular weight excluding hydrogens is 460 g/mol. The second-order valence-corrected chi connectivity index (χ2v) is 8.50. The van der Waals surface area contributed by atoms with Gasteiger partial charge in [-0.05, 0) is 74.2 Å². The molecule has 0 aliphatic heterocycles. The molecule has 9 heteroatoms. The molecule has 1 heterocycles. The maximum Gasteiger partial charge on any atom is 0.258 e. The summed E-state index contributed by atoms with van der Waals surface area (Å²) in [5.74, 6) is -1.64. The molecule has 4 rings (SSSR count). The zero-order valence-electron chi connectivity index (χ0n) is 18.3. The first-order valence-corrected chi connectivity index (χ1v) is 11.4. The molecule has 1 saturated carbocycles. The van der Waals surface area contributed by atoms with Gasteiger partial charge in [0.25, 0.3) is 5.91 Å². The summed E-state index contributed by atoms with van der Waals surface area (Å²) in [6, 6.07) is 16.0. The van der Waals surface area contributed by atoms with Crippen LogP contribution in [0, 0.1) is 11.6 Å². The first kappa shape index (κ1) is 23.6. The highest BCUT2D eigenvalue weighted by atomic mass is 35.5. The molecule has 6 nitrogen and oxygen atoms in total. The van der Waals surface area contributed by atoms with E-state index < -0.39 is 17.5 Å². The number of hydrogen-bond donors (Lipinski definition) is 3. The average Bonchev–Trinajstić information content (AvgIpc) is 2.83. The number of nitrogens with one attached hydrogen (secondary N) is 3. The number of carbonyl (C=O) groups excluding carboxylic acids is 1. The van der Waals surface area contributed by atoms with Crippen molar-refractivity contribution in [3.63, 3.8) is 0 Å². The SMILES string of the molecule is O=C(NC(=NC1CCC(Nc2ccccn2)CC1)Nc1cccc(Cl)c1)c1ccc(F)c(F)c1. The van der Waals surface area contributed by atoms with Gasteiger partial charge in [-0.15, -0.1) is 0 Å². The zero-order valence-corrected chi connectivity index (χ0v) is 19.0. The molecule has 0 spiro atoms. The molecule has 2 aromatic carbocycles. The molecule has 0 unspecified atom stereocenters. The van der Waals surface area contributed by atoms with Crippen LogP contribution in [0.2, 0.25) is 5.02 Å². The highest BCUT2D eigenvalue weighted by Gasteiger charge is 2.22. The molecule has 0 saturated heterocycles. The Balaban J connectivity index is 1.46. The third-order valence-electron chi connectivity index (χ3n) is 5.53. The average molecular weight is 484 g/mol. The number of aromatic nitrogens is 1. The number of aliphatic imine (C=N–C) groups is 1. The maximum absolute atomic E-state index is 13.6. The van der Waals surface area contributed by atoms with E-state index in [9.17, 15) is 13.6 Å². The lowest BCUT2D eigenvalue weighted by atomic mass is 9.91. The topological polar surface area (TPSA) is 78.4 Å². The van der Waals surface area contributed by atoms with E-state index in [-0.39, 0.29) is 17.6 Å². The van der Waals surface area contributed by atoms with Gasteiger partial charge in [-0.3, -0.25) is 10.1 Å². The molecule has 1 amide bonds. The number of benzene rings is 2. The van der Waals surface area contributed by atoms with Crippen molar-refractivity contribution in [1.29, 1.82) is 0 Å². The Kier molecular flexibility index (Phi) is 7.69. The van der Waals surface area contributed by atoms with E-state index in [0.717, 1.165) is 43.6 Å². The van der Waals surface area contributed by atoms with Crippen LogP contribution >= 0.6 is 11.6 Å². The summed E-state index contributed by atoms with van der Waals surface area (Å²) in [4.78, 5) is 21.7. The van der Waals surface area contributed by atoms with Crippen LogP contribution in [0.5, 0.6) is 0 Å². The lowest BCUT2D eigenvalue weighted by molar-refractivity contribution is 0.0976. The lowest BCUT2D eigenvalue weighted by Gasteiger charge is -2.28. The minimum Gasteiger partial charge on any atom is -0.367 e. The van der Waals surface area contributed by atoms with E-state index in [0.29, 0.717) is 16.8 Å². The quantitative estimate of drug-likeness (QED) is 0.324. The van der Waals surface area contributed by atoms with Gasteiger partial charge in [-0.1, -0.05) is 23.7 Å². The van der Waals surface area contributed by atoms with Crippen molar-refractivity contribution >= 4 is 35.0 Å². The Hall–Kier alpha value is -3.52. The summed E-state index contributed by atoms with van der Waals surface area (Å²) in [7, 11) is 0. The number of hydrogen-bond acceptors (Lipinski definition) is 4. The number of rotatable bonds is 5. The van der Waals surface area contributed by atoms with Crippen LogP contribution < -0.4 is 16.0 Å². The summed E-state index contributed by atoms with van der Waals surface area (Å²) in [6.07, 6.45) is 5.17. The number of pyridine rings is 1. The summed E-state index contributed by atoms with van der Waals surface area (Å²) in [6.45, 7) is 0. The maximum atomic E-state index is 13.6. The van der Waals surface area contributed by atoms with Crippen LogP contribution in [-0.4, -0.2) is 28.9 Å². The number of guanidine groups is 1. The summed E-state index contributed by atoms with van der Waals surface area (Å²) in [5.41, 5.74) is 0.630. The molecule has 1 aliphatic rings. The van der Waals surface area contributed by atoms with E-state index >= 15 is 0 Å². The fourth-order valence-corrected chi connectivity index (χ4v) is 4.00. The van der Waals surface area contributed by atoms with Crippen molar-refractivity contribution in [1.82, 2.24) is 10.3 Å². The largest absolute Gasteiger partial charge is 0.367 e. The van der Waals surface area contributed by atoms with Gasteiger partial charge in [-0.25, -0.2) is 18.8 Å². The third-order valence-corrected chi connectivity index (χ3v) is 5.76. The normalized spacial score (nSPS) is 18.3. The molecular formula is C25H24ClF2N5O. The smallest absolute Gasteiger partial charge is 0.258 e. The van der Waals surface area contributed by atoms with Crippen LogP contribution in [0.25, 0.3) is 0 Å². The molecule has 0 atom stereocenters. The van der Waals surface area contributed by atoms with Gasteiger partial charge in [-0.2, -0.15) is 0 Å². The number of halogens is 3. The Morgan fingerprint density at radius 3 is 2.50 bits per heavy atom. The molecule has 34 heavy (non-hydrogen) atoms. The second-order valence-electron chi connectivity index (χ2n) is 8.06. The predicted octanol–water partition coefficient (Wildman–Crippen LogP) is 5.63. The number of carbonyl (C=O) groups is 1. The summed E-state index contributed by atoms with van der Waals surface area (Å²) < 4.78 is 26.9.